The first kappa shape index (κ1) is 15.3. The monoisotopic (exact) mass is 353 g/mol. The number of benzene rings is 1. The highest BCUT2D eigenvalue weighted by Gasteiger charge is 2.24. The van der Waals surface area contributed by atoms with E-state index in [4.69, 9.17) is 4.74 Å². The number of nitrogens with one attached hydrogen (secondary N) is 1. The van der Waals surface area contributed by atoms with Crippen LogP contribution in [0.15, 0.2) is 42.7 Å². The van der Waals surface area contributed by atoms with Gasteiger partial charge in [0.15, 0.2) is 11.6 Å². The molecule has 1 unspecified atom stereocenters. The zero-order chi connectivity index (χ0) is 17.7. The zero-order valence-electron chi connectivity index (χ0n) is 13.5. The van der Waals surface area contributed by atoms with Crippen LogP contribution in [0.4, 0.5) is 8.78 Å². The van der Waals surface area contributed by atoms with Gasteiger partial charge in [-0.1, -0.05) is 0 Å². The molecule has 130 valence electrons. The van der Waals surface area contributed by atoms with Crippen molar-refractivity contribution in [3.8, 4) is 11.3 Å². The van der Waals surface area contributed by atoms with Gasteiger partial charge < -0.3 is 4.74 Å². The second-order valence-corrected chi connectivity index (χ2v) is 5.98. The van der Waals surface area contributed by atoms with Crippen LogP contribution in [0.3, 0.4) is 0 Å². The fourth-order valence-corrected chi connectivity index (χ4v) is 3.25. The lowest BCUT2D eigenvalue weighted by molar-refractivity contribution is 0.0382. The molecule has 0 bridgehead atoms. The van der Waals surface area contributed by atoms with Crippen molar-refractivity contribution in [2.75, 3.05) is 13.2 Å². The highest BCUT2D eigenvalue weighted by Crippen LogP contribution is 2.34. The van der Waals surface area contributed by atoms with Crippen LogP contribution in [0.25, 0.3) is 33.2 Å². The number of aromatic nitrogens is 4. The normalized spacial score (nSPS) is 17.4. The van der Waals surface area contributed by atoms with Gasteiger partial charge in [0.05, 0.1) is 23.2 Å². The van der Waals surface area contributed by atoms with Gasteiger partial charge in [0.25, 0.3) is 0 Å². The predicted molar refractivity (Wildman–Crippen MR) is 91.2 cm³/mol. The Morgan fingerprint density at radius 2 is 2.00 bits per heavy atom. The van der Waals surface area contributed by atoms with Gasteiger partial charge in [0, 0.05) is 36.0 Å². The molecule has 4 heterocycles. The summed E-state index contributed by atoms with van der Waals surface area (Å²) in [6, 6.07) is 7.70. The van der Waals surface area contributed by atoms with Gasteiger partial charge in [0.1, 0.15) is 5.69 Å². The molecule has 1 N–H and O–H groups in total. The van der Waals surface area contributed by atoms with Crippen molar-refractivity contribution in [2.45, 2.75) is 6.35 Å². The van der Waals surface area contributed by atoms with Crippen LogP contribution in [0.2, 0.25) is 0 Å². The zero-order valence-corrected chi connectivity index (χ0v) is 13.5. The summed E-state index contributed by atoms with van der Waals surface area (Å²) < 4.78 is 35.0. The average molecular weight is 353 g/mol. The Morgan fingerprint density at radius 3 is 2.85 bits per heavy atom. The first-order valence-electron chi connectivity index (χ1n) is 8.15. The van der Waals surface area contributed by atoms with E-state index in [2.05, 4.69) is 20.4 Å². The number of rotatable bonds is 2. The van der Waals surface area contributed by atoms with Gasteiger partial charge in [-0.2, -0.15) is 5.10 Å². The molecule has 1 aliphatic rings. The third-order valence-electron chi connectivity index (χ3n) is 4.42. The first-order valence-corrected chi connectivity index (χ1v) is 8.15. The van der Waals surface area contributed by atoms with E-state index in [-0.39, 0.29) is 0 Å². The van der Waals surface area contributed by atoms with E-state index < -0.39 is 18.0 Å². The van der Waals surface area contributed by atoms with Gasteiger partial charge >= 0.3 is 0 Å². The van der Waals surface area contributed by atoms with Crippen molar-refractivity contribution in [3.05, 3.63) is 54.4 Å². The minimum Gasteiger partial charge on any atom is -0.342 e. The standard InChI is InChI=1S/C18H13F2N5O/c19-12-8-11-15(9-13(12)20)25(18-23-6-7-26-18)24-16(11)10-3-5-21-14-2-1-4-22-17(10)14/h1-5,8-9,18,23H,6-7H2. The Labute approximate surface area is 146 Å². The van der Waals surface area contributed by atoms with E-state index in [0.717, 1.165) is 12.1 Å². The van der Waals surface area contributed by atoms with E-state index in [1.807, 2.05) is 6.07 Å². The second-order valence-electron chi connectivity index (χ2n) is 5.98. The van der Waals surface area contributed by atoms with Gasteiger partial charge in [-0.15, -0.1) is 0 Å². The molecule has 0 saturated carbocycles. The van der Waals surface area contributed by atoms with E-state index in [1.165, 1.54) is 4.68 Å². The van der Waals surface area contributed by atoms with Crippen molar-refractivity contribution in [1.82, 2.24) is 25.1 Å². The molecule has 4 aromatic rings. The lowest BCUT2D eigenvalue weighted by atomic mass is 10.1. The molecular formula is C18H13F2N5O. The summed E-state index contributed by atoms with van der Waals surface area (Å²) in [4.78, 5) is 8.68. The topological polar surface area (TPSA) is 64.9 Å². The van der Waals surface area contributed by atoms with Crippen LogP contribution >= 0.6 is 0 Å². The minimum atomic E-state index is -0.930. The second kappa shape index (κ2) is 5.79. The predicted octanol–water partition coefficient (Wildman–Crippen LogP) is 3.00. The SMILES string of the molecule is Fc1cc2c(-c3ccnc4cccnc34)nn(C3NCCO3)c2cc1F. The summed E-state index contributed by atoms with van der Waals surface area (Å²) in [6.07, 6.45) is 2.78. The van der Waals surface area contributed by atoms with Crippen LogP contribution in [-0.4, -0.2) is 32.9 Å². The number of fused-ring (bicyclic) bond motifs is 2. The Bertz CT molecular complexity index is 1130. The molecule has 5 rings (SSSR count). The highest BCUT2D eigenvalue weighted by molar-refractivity contribution is 6.00. The molecule has 26 heavy (non-hydrogen) atoms. The Balaban J connectivity index is 1.83. The molecule has 1 aromatic carbocycles. The maximum Gasteiger partial charge on any atom is 0.206 e. The lowest BCUT2D eigenvalue weighted by Crippen LogP contribution is -2.22. The van der Waals surface area contributed by atoms with Crippen molar-refractivity contribution in [3.63, 3.8) is 0 Å². The van der Waals surface area contributed by atoms with Crippen molar-refractivity contribution >= 4 is 21.9 Å². The molecule has 0 aliphatic carbocycles. The van der Waals surface area contributed by atoms with E-state index in [9.17, 15) is 8.78 Å². The Hall–Kier alpha value is -2.97. The van der Waals surface area contributed by atoms with E-state index in [0.29, 0.717) is 46.3 Å². The van der Waals surface area contributed by atoms with Gasteiger partial charge in [0.2, 0.25) is 6.35 Å². The van der Waals surface area contributed by atoms with Crippen LogP contribution in [0.1, 0.15) is 6.35 Å². The summed E-state index contributed by atoms with van der Waals surface area (Å²) in [5, 5.41) is 8.22. The fraction of sp³-hybridized carbons (Fsp3) is 0.167. The number of hydrogen-bond donors (Lipinski definition) is 1. The van der Waals surface area contributed by atoms with Crippen LogP contribution in [0.5, 0.6) is 0 Å². The largest absolute Gasteiger partial charge is 0.342 e. The maximum atomic E-state index is 14.0. The third-order valence-corrected chi connectivity index (χ3v) is 4.42. The quantitative estimate of drug-likeness (QED) is 0.600. The summed E-state index contributed by atoms with van der Waals surface area (Å²) in [5.74, 6) is -1.86. The summed E-state index contributed by atoms with van der Waals surface area (Å²) in [5.41, 5.74) is 2.99. The van der Waals surface area contributed by atoms with Crippen LogP contribution < -0.4 is 5.32 Å². The smallest absolute Gasteiger partial charge is 0.206 e. The molecule has 8 heteroatoms. The summed E-state index contributed by atoms with van der Waals surface area (Å²) in [7, 11) is 0. The summed E-state index contributed by atoms with van der Waals surface area (Å²) >= 11 is 0. The number of pyridine rings is 2. The minimum absolute atomic E-state index is 0.444. The number of halogens is 2. The van der Waals surface area contributed by atoms with Gasteiger partial charge in [-0.3, -0.25) is 15.3 Å². The highest BCUT2D eigenvalue weighted by atomic mass is 19.2. The van der Waals surface area contributed by atoms with Gasteiger partial charge in [-0.05, 0) is 24.3 Å². The van der Waals surface area contributed by atoms with Crippen LogP contribution in [-0.2, 0) is 4.74 Å². The maximum absolute atomic E-state index is 14.0. The molecule has 1 atom stereocenters. The molecule has 0 amide bonds. The first-order chi connectivity index (χ1) is 12.7. The molecule has 1 aliphatic heterocycles. The van der Waals surface area contributed by atoms with Crippen molar-refractivity contribution < 1.29 is 13.5 Å². The Kier molecular flexibility index (Phi) is 3.41. The molecular weight excluding hydrogens is 340 g/mol. The fourth-order valence-electron chi connectivity index (χ4n) is 3.25. The van der Waals surface area contributed by atoms with E-state index >= 15 is 0 Å². The number of hydrogen-bond acceptors (Lipinski definition) is 5. The van der Waals surface area contributed by atoms with Crippen LogP contribution in [0, 0.1) is 11.6 Å². The van der Waals surface area contributed by atoms with Gasteiger partial charge in [-0.25, -0.2) is 13.5 Å². The molecule has 1 saturated heterocycles. The molecule has 0 spiro atoms. The van der Waals surface area contributed by atoms with Crippen molar-refractivity contribution in [1.29, 1.82) is 0 Å². The molecule has 3 aromatic heterocycles. The summed E-state index contributed by atoms with van der Waals surface area (Å²) in [6.45, 7) is 1.18. The van der Waals surface area contributed by atoms with Crippen molar-refractivity contribution in [2.24, 2.45) is 0 Å². The van der Waals surface area contributed by atoms with E-state index in [1.54, 1.807) is 24.5 Å². The lowest BCUT2D eigenvalue weighted by Gasteiger charge is -2.11. The molecule has 1 fully saturated rings. The molecule has 0 radical (unpaired) electrons. The Morgan fingerprint density at radius 1 is 1.12 bits per heavy atom. The number of nitrogens with zero attached hydrogens (tertiary/aromatic N) is 4. The number of ether oxygens (including phenoxy) is 1. The molecule has 6 nitrogen and oxygen atoms in total. The third kappa shape index (κ3) is 2.27. The average Bonchev–Trinajstić information content (AvgIpc) is 3.30.